The number of carbonyl (C=O) groups is 2. The van der Waals surface area contributed by atoms with E-state index < -0.39 is 0 Å². The van der Waals surface area contributed by atoms with Crippen molar-refractivity contribution in [1.82, 2.24) is 15.1 Å². The molecule has 110 valence electrons. The van der Waals surface area contributed by atoms with Crippen LogP contribution in [0.4, 0.5) is 0 Å². The van der Waals surface area contributed by atoms with E-state index >= 15 is 0 Å². The van der Waals surface area contributed by atoms with Gasteiger partial charge in [-0.05, 0) is 25.8 Å². The van der Waals surface area contributed by atoms with Crippen LogP contribution in [0.25, 0.3) is 10.9 Å². The van der Waals surface area contributed by atoms with Crippen LogP contribution in [0.1, 0.15) is 30.3 Å². The van der Waals surface area contributed by atoms with Crippen molar-refractivity contribution in [3.8, 4) is 0 Å². The van der Waals surface area contributed by atoms with Crippen molar-refractivity contribution in [2.24, 2.45) is 11.7 Å². The molecule has 1 saturated heterocycles. The molecule has 6 nitrogen and oxygen atoms in total. The summed E-state index contributed by atoms with van der Waals surface area (Å²) in [7, 11) is 0. The fourth-order valence-electron chi connectivity index (χ4n) is 2.88. The van der Waals surface area contributed by atoms with Crippen molar-refractivity contribution in [3.63, 3.8) is 0 Å². The molecule has 0 aliphatic carbocycles. The molecule has 1 fully saturated rings. The molecular weight excluding hydrogens is 268 g/mol. The van der Waals surface area contributed by atoms with Crippen LogP contribution in [-0.4, -0.2) is 39.5 Å². The fourth-order valence-corrected chi connectivity index (χ4v) is 2.88. The number of hydrogen-bond acceptors (Lipinski definition) is 3. The number of benzene rings is 1. The molecule has 3 rings (SSSR count). The maximum Gasteiger partial charge on any atom is 0.275 e. The second kappa shape index (κ2) is 5.20. The van der Waals surface area contributed by atoms with Crippen LogP contribution in [0.5, 0.6) is 0 Å². The summed E-state index contributed by atoms with van der Waals surface area (Å²) in [4.78, 5) is 25.8. The molecule has 0 spiro atoms. The Morgan fingerprint density at radius 3 is 2.86 bits per heavy atom. The first-order chi connectivity index (χ1) is 10.1. The Kier molecular flexibility index (Phi) is 3.37. The number of likely N-dealkylation sites (tertiary alicyclic amines) is 1. The van der Waals surface area contributed by atoms with Crippen molar-refractivity contribution >= 4 is 22.7 Å². The van der Waals surface area contributed by atoms with Gasteiger partial charge in [0.2, 0.25) is 5.91 Å². The highest BCUT2D eigenvalue weighted by molar-refractivity contribution is 6.04. The minimum Gasteiger partial charge on any atom is -0.369 e. The lowest BCUT2D eigenvalue weighted by atomic mass is 9.92. The van der Waals surface area contributed by atoms with E-state index in [1.807, 2.05) is 31.2 Å². The Labute approximate surface area is 122 Å². The summed E-state index contributed by atoms with van der Waals surface area (Å²) in [6.07, 6.45) is 1.52. The highest BCUT2D eigenvalue weighted by Crippen LogP contribution is 2.25. The van der Waals surface area contributed by atoms with Gasteiger partial charge in [-0.3, -0.25) is 14.7 Å². The van der Waals surface area contributed by atoms with Gasteiger partial charge >= 0.3 is 0 Å². The van der Waals surface area contributed by atoms with E-state index in [-0.39, 0.29) is 23.8 Å². The zero-order chi connectivity index (χ0) is 15.0. The van der Waals surface area contributed by atoms with Crippen molar-refractivity contribution in [2.75, 3.05) is 6.54 Å². The predicted octanol–water partition coefficient (Wildman–Crippen LogP) is 1.29. The lowest BCUT2D eigenvalue weighted by Crippen LogP contribution is -2.48. The van der Waals surface area contributed by atoms with E-state index in [4.69, 9.17) is 5.73 Å². The summed E-state index contributed by atoms with van der Waals surface area (Å²) in [5, 5.41) is 7.81. The third-order valence-electron chi connectivity index (χ3n) is 4.22. The largest absolute Gasteiger partial charge is 0.369 e. The van der Waals surface area contributed by atoms with Crippen LogP contribution in [-0.2, 0) is 4.79 Å². The van der Waals surface area contributed by atoms with Crippen LogP contribution in [0.15, 0.2) is 24.3 Å². The lowest BCUT2D eigenvalue weighted by molar-refractivity contribution is -0.123. The van der Waals surface area contributed by atoms with E-state index in [0.29, 0.717) is 12.2 Å². The highest BCUT2D eigenvalue weighted by Gasteiger charge is 2.33. The van der Waals surface area contributed by atoms with Gasteiger partial charge in [-0.25, -0.2) is 0 Å². The van der Waals surface area contributed by atoms with Gasteiger partial charge in [-0.1, -0.05) is 18.2 Å². The molecule has 2 amide bonds. The number of hydrogen-bond donors (Lipinski definition) is 2. The fraction of sp³-hybridized carbons (Fsp3) is 0.400. The highest BCUT2D eigenvalue weighted by atomic mass is 16.2. The number of piperidine rings is 1. The Balaban J connectivity index is 1.91. The number of nitrogens with zero attached hydrogens (tertiary/aromatic N) is 2. The van der Waals surface area contributed by atoms with Crippen molar-refractivity contribution in [3.05, 3.63) is 30.0 Å². The van der Waals surface area contributed by atoms with E-state index in [1.165, 1.54) is 0 Å². The first-order valence-corrected chi connectivity index (χ1v) is 7.11. The third-order valence-corrected chi connectivity index (χ3v) is 4.22. The van der Waals surface area contributed by atoms with Crippen LogP contribution in [0, 0.1) is 5.92 Å². The predicted molar refractivity (Wildman–Crippen MR) is 78.5 cm³/mol. The Morgan fingerprint density at radius 1 is 1.33 bits per heavy atom. The van der Waals surface area contributed by atoms with E-state index in [2.05, 4.69) is 10.2 Å². The number of primary amides is 1. The molecule has 1 aliphatic rings. The summed E-state index contributed by atoms with van der Waals surface area (Å²) in [6.45, 7) is 2.36. The smallest absolute Gasteiger partial charge is 0.275 e. The summed E-state index contributed by atoms with van der Waals surface area (Å²) in [5.74, 6) is -0.757. The monoisotopic (exact) mass is 286 g/mol. The molecule has 1 aromatic carbocycles. The van der Waals surface area contributed by atoms with Gasteiger partial charge in [0, 0.05) is 18.0 Å². The number of amides is 2. The summed E-state index contributed by atoms with van der Waals surface area (Å²) in [6, 6.07) is 7.60. The molecular formula is C15H18N4O2. The Hall–Kier alpha value is -2.37. The van der Waals surface area contributed by atoms with Crippen LogP contribution in [0.3, 0.4) is 0 Å². The average Bonchev–Trinajstić information content (AvgIpc) is 2.90. The quantitative estimate of drug-likeness (QED) is 0.871. The Morgan fingerprint density at radius 2 is 2.10 bits per heavy atom. The number of aromatic nitrogens is 2. The topological polar surface area (TPSA) is 92.1 Å². The lowest BCUT2D eigenvalue weighted by Gasteiger charge is -2.36. The minimum atomic E-state index is -0.341. The zero-order valence-corrected chi connectivity index (χ0v) is 11.9. The second-order valence-corrected chi connectivity index (χ2v) is 5.60. The van der Waals surface area contributed by atoms with Gasteiger partial charge in [-0.15, -0.1) is 0 Å². The summed E-state index contributed by atoms with van der Waals surface area (Å²) in [5.41, 5.74) is 6.62. The number of nitrogens with one attached hydrogen (secondary N) is 1. The van der Waals surface area contributed by atoms with Gasteiger partial charge in [0.05, 0.1) is 11.4 Å². The molecule has 1 aromatic heterocycles. The molecule has 3 N–H and O–H groups in total. The van der Waals surface area contributed by atoms with Gasteiger partial charge in [0.15, 0.2) is 5.69 Å². The number of carbonyl (C=O) groups excluding carboxylic acids is 2. The molecule has 1 aliphatic heterocycles. The number of fused-ring (bicyclic) bond motifs is 1. The van der Waals surface area contributed by atoms with Crippen molar-refractivity contribution in [2.45, 2.75) is 25.8 Å². The normalized spacial score (nSPS) is 22.4. The molecule has 0 saturated carbocycles. The number of para-hydroxylation sites is 1. The SMILES string of the molecule is C[C@@H]1CC[C@H](C(N)=O)CN1C(=O)c1n[nH]c2ccccc12. The van der Waals surface area contributed by atoms with E-state index in [0.717, 1.165) is 23.7 Å². The van der Waals surface area contributed by atoms with E-state index in [1.54, 1.807) is 4.90 Å². The maximum atomic E-state index is 12.7. The molecule has 2 atom stereocenters. The van der Waals surface area contributed by atoms with Crippen LogP contribution >= 0.6 is 0 Å². The van der Waals surface area contributed by atoms with Crippen molar-refractivity contribution < 1.29 is 9.59 Å². The zero-order valence-electron chi connectivity index (χ0n) is 11.9. The first kappa shape index (κ1) is 13.6. The van der Waals surface area contributed by atoms with Crippen molar-refractivity contribution in [1.29, 1.82) is 0 Å². The standard InChI is InChI=1S/C15H18N4O2/c1-9-6-7-10(14(16)20)8-19(9)15(21)13-11-4-2-3-5-12(11)17-18-13/h2-5,9-10H,6-8H2,1H3,(H2,16,20)(H,17,18)/t9-,10+/m1/s1. The van der Waals surface area contributed by atoms with Gasteiger partial charge < -0.3 is 10.6 Å². The number of aromatic amines is 1. The molecule has 0 unspecified atom stereocenters. The number of H-pyrrole nitrogens is 1. The third kappa shape index (κ3) is 2.37. The van der Waals surface area contributed by atoms with Crippen LogP contribution in [0.2, 0.25) is 0 Å². The van der Waals surface area contributed by atoms with Gasteiger partial charge in [0.25, 0.3) is 5.91 Å². The average molecular weight is 286 g/mol. The molecule has 2 heterocycles. The first-order valence-electron chi connectivity index (χ1n) is 7.11. The summed E-state index contributed by atoms with van der Waals surface area (Å²) < 4.78 is 0. The number of rotatable bonds is 2. The molecule has 0 radical (unpaired) electrons. The Bertz CT molecular complexity index is 694. The van der Waals surface area contributed by atoms with Gasteiger partial charge in [0.1, 0.15) is 0 Å². The van der Waals surface area contributed by atoms with Gasteiger partial charge in [-0.2, -0.15) is 5.10 Å². The molecule has 2 aromatic rings. The summed E-state index contributed by atoms with van der Waals surface area (Å²) >= 11 is 0. The maximum absolute atomic E-state index is 12.7. The van der Waals surface area contributed by atoms with E-state index in [9.17, 15) is 9.59 Å². The minimum absolute atomic E-state index is 0.0866. The molecule has 6 heteroatoms. The number of nitrogens with two attached hydrogens (primary N) is 1. The molecule has 21 heavy (non-hydrogen) atoms. The van der Waals surface area contributed by atoms with Crippen LogP contribution < -0.4 is 5.73 Å². The molecule has 0 bridgehead atoms. The second-order valence-electron chi connectivity index (χ2n) is 5.60.